The lowest BCUT2D eigenvalue weighted by atomic mass is 10.0. The van der Waals surface area contributed by atoms with Gasteiger partial charge in [-0.05, 0) is 55.8 Å². The summed E-state index contributed by atoms with van der Waals surface area (Å²) in [5.41, 5.74) is 4.44. The van der Waals surface area contributed by atoms with Gasteiger partial charge in [-0.3, -0.25) is 14.8 Å². The molecule has 1 saturated heterocycles. The lowest BCUT2D eigenvalue weighted by Gasteiger charge is -2.11. The maximum absolute atomic E-state index is 13.5. The zero-order valence-electron chi connectivity index (χ0n) is 19.1. The van der Waals surface area contributed by atoms with Gasteiger partial charge in [0.1, 0.15) is 0 Å². The molecule has 9 heteroatoms. The number of nitrogens with zero attached hydrogens (tertiary/aromatic N) is 6. The van der Waals surface area contributed by atoms with Crippen LogP contribution < -0.4 is 5.43 Å². The predicted molar refractivity (Wildman–Crippen MR) is 134 cm³/mol. The number of ether oxygens (including phenoxy) is 1. The predicted octanol–water partition coefficient (Wildman–Crippen LogP) is 4.54. The third-order valence-corrected chi connectivity index (χ3v) is 7.81. The second-order valence-corrected chi connectivity index (χ2v) is 10.4. The molecule has 1 atom stereocenters. The molecule has 0 N–H and O–H groups in total. The van der Waals surface area contributed by atoms with E-state index >= 15 is 0 Å². The van der Waals surface area contributed by atoms with Gasteiger partial charge in [-0.15, -0.1) is 11.3 Å². The topological polar surface area (TPSA) is 95.7 Å². The van der Waals surface area contributed by atoms with E-state index in [4.69, 9.17) is 9.84 Å². The number of hydrogen-bond acceptors (Lipinski definition) is 8. The van der Waals surface area contributed by atoms with E-state index in [1.165, 1.54) is 24.2 Å². The van der Waals surface area contributed by atoms with Gasteiger partial charge in [0, 0.05) is 36.0 Å². The first kappa shape index (κ1) is 20.8. The zero-order valence-corrected chi connectivity index (χ0v) is 20.0. The second-order valence-electron chi connectivity index (χ2n) is 9.31. The first-order valence-corrected chi connectivity index (χ1v) is 12.7. The summed E-state index contributed by atoms with van der Waals surface area (Å²) in [5, 5.41) is 5.84. The monoisotopic (exact) mass is 482 g/mol. The fourth-order valence-corrected chi connectivity index (χ4v) is 5.63. The Hall–Kier alpha value is -3.56. The van der Waals surface area contributed by atoms with Gasteiger partial charge in [0.15, 0.2) is 16.9 Å². The number of aryl methyl sites for hydroxylation is 1. The van der Waals surface area contributed by atoms with Crippen molar-refractivity contribution in [1.29, 1.82) is 0 Å². The van der Waals surface area contributed by atoms with Gasteiger partial charge in [0.05, 0.1) is 40.0 Å². The number of pyridine rings is 2. The maximum Gasteiger partial charge on any atom is 0.236 e. The van der Waals surface area contributed by atoms with Crippen LogP contribution in [-0.2, 0) is 4.74 Å². The molecule has 0 radical (unpaired) electrons. The zero-order chi connectivity index (χ0) is 23.5. The minimum absolute atomic E-state index is 0.223. The number of rotatable bonds is 4. The SMILES string of the molecule is Cc1cnc2c(n1)c(=O)c(-c1cc3cc([C@@H]4CCOC4)ncc3s1)nn2-c1ccc(C2CC2)nc1. The molecule has 6 heterocycles. The lowest BCUT2D eigenvalue weighted by Crippen LogP contribution is -2.18. The van der Waals surface area contributed by atoms with Crippen LogP contribution in [0.4, 0.5) is 0 Å². The average Bonchev–Trinajstić information content (AvgIpc) is 3.41. The third kappa shape index (κ3) is 3.62. The Balaban J connectivity index is 1.39. The van der Waals surface area contributed by atoms with E-state index in [9.17, 15) is 4.79 Å². The molecular weight excluding hydrogens is 460 g/mol. The molecule has 1 saturated carbocycles. The van der Waals surface area contributed by atoms with Crippen molar-refractivity contribution < 1.29 is 4.74 Å². The molecule has 0 spiro atoms. The highest BCUT2D eigenvalue weighted by Gasteiger charge is 2.25. The van der Waals surface area contributed by atoms with Crippen LogP contribution in [-0.4, -0.2) is 42.9 Å². The molecule has 0 amide bonds. The Kier molecular flexibility index (Phi) is 4.75. The molecule has 8 nitrogen and oxygen atoms in total. The Morgan fingerprint density at radius 2 is 1.89 bits per heavy atom. The minimum Gasteiger partial charge on any atom is -0.381 e. The van der Waals surface area contributed by atoms with Crippen molar-refractivity contribution in [3.8, 4) is 16.3 Å². The quantitative estimate of drug-likeness (QED) is 0.371. The number of fused-ring (bicyclic) bond motifs is 2. The molecule has 1 aliphatic carbocycles. The van der Waals surface area contributed by atoms with Crippen molar-refractivity contribution >= 4 is 32.6 Å². The first-order chi connectivity index (χ1) is 17.1. The summed E-state index contributed by atoms with van der Waals surface area (Å²) in [4.78, 5) is 32.7. The molecule has 0 bridgehead atoms. The minimum atomic E-state index is -0.223. The van der Waals surface area contributed by atoms with Gasteiger partial charge in [0.25, 0.3) is 0 Å². The maximum atomic E-state index is 13.5. The van der Waals surface area contributed by atoms with Gasteiger partial charge >= 0.3 is 0 Å². The third-order valence-electron chi connectivity index (χ3n) is 6.72. The smallest absolute Gasteiger partial charge is 0.236 e. The van der Waals surface area contributed by atoms with Crippen LogP contribution >= 0.6 is 11.3 Å². The van der Waals surface area contributed by atoms with Crippen molar-refractivity contribution in [3.63, 3.8) is 0 Å². The van der Waals surface area contributed by atoms with Crippen LogP contribution in [0.3, 0.4) is 0 Å². The summed E-state index contributed by atoms with van der Waals surface area (Å²) in [6.45, 7) is 3.32. The van der Waals surface area contributed by atoms with E-state index in [0.717, 1.165) is 45.1 Å². The second kappa shape index (κ2) is 8.00. The molecule has 2 fully saturated rings. The molecule has 7 rings (SSSR count). The van der Waals surface area contributed by atoms with Crippen LogP contribution in [0, 0.1) is 6.92 Å². The van der Waals surface area contributed by atoms with Crippen LogP contribution in [0.5, 0.6) is 0 Å². The largest absolute Gasteiger partial charge is 0.381 e. The molecular formula is C26H22N6O2S. The summed E-state index contributed by atoms with van der Waals surface area (Å²) in [6.07, 6.45) is 8.72. The van der Waals surface area contributed by atoms with E-state index in [1.807, 2.05) is 31.3 Å². The molecule has 0 unspecified atom stereocenters. The van der Waals surface area contributed by atoms with Crippen LogP contribution in [0.2, 0.25) is 0 Å². The summed E-state index contributed by atoms with van der Waals surface area (Å²) in [7, 11) is 0. The van der Waals surface area contributed by atoms with Crippen LogP contribution in [0.15, 0.2) is 47.7 Å². The van der Waals surface area contributed by atoms with Crippen molar-refractivity contribution in [3.05, 3.63) is 70.2 Å². The van der Waals surface area contributed by atoms with E-state index in [1.54, 1.807) is 17.1 Å². The highest BCUT2D eigenvalue weighted by atomic mass is 32.1. The van der Waals surface area contributed by atoms with E-state index in [2.05, 4.69) is 26.0 Å². The summed E-state index contributed by atoms with van der Waals surface area (Å²) < 4.78 is 8.24. The standard InChI is InChI=1S/C26H22N6O2S/c1-14-10-29-26-24(30-14)25(33)23(31-32(26)18-4-5-19(27-11-18)15-2-3-15)21-9-17-8-20(16-6-7-34-13-16)28-12-22(17)35-21/h4-5,8-12,15-16H,2-3,6-7,13H2,1H3/t16-/m1/s1. The Labute approximate surface area is 204 Å². The number of aromatic nitrogens is 6. The average molecular weight is 483 g/mol. The Morgan fingerprint density at radius 3 is 2.66 bits per heavy atom. The Bertz CT molecular complexity index is 1650. The number of thiophene rings is 1. The summed E-state index contributed by atoms with van der Waals surface area (Å²) in [5.74, 6) is 0.886. The van der Waals surface area contributed by atoms with Gasteiger partial charge in [-0.1, -0.05) is 0 Å². The fourth-order valence-electron chi connectivity index (χ4n) is 4.64. The van der Waals surface area contributed by atoms with Gasteiger partial charge in [-0.25, -0.2) is 14.6 Å². The molecule has 35 heavy (non-hydrogen) atoms. The lowest BCUT2D eigenvalue weighted by molar-refractivity contribution is 0.193. The molecule has 2 aliphatic rings. The molecule has 1 aliphatic heterocycles. The van der Waals surface area contributed by atoms with Crippen LogP contribution in [0.25, 0.3) is 37.5 Å². The van der Waals surface area contributed by atoms with Crippen molar-refractivity contribution in [1.82, 2.24) is 29.7 Å². The highest BCUT2D eigenvalue weighted by molar-refractivity contribution is 7.22. The van der Waals surface area contributed by atoms with E-state index in [-0.39, 0.29) is 5.43 Å². The summed E-state index contributed by atoms with van der Waals surface area (Å²) in [6, 6.07) is 8.17. The van der Waals surface area contributed by atoms with Gasteiger partial charge < -0.3 is 4.74 Å². The molecule has 5 aromatic heterocycles. The Morgan fingerprint density at radius 1 is 1.00 bits per heavy atom. The van der Waals surface area contributed by atoms with E-state index < -0.39 is 0 Å². The molecule has 5 aromatic rings. The van der Waals surface area contributed by atoms with Crippen molar-refractivity contribution in [2.75, 3.05) is 13.2 Å². The van der Waals surface area contributed by atoms with E-state index in [0.29, 0.717) is 41.0 Å². The van der Waals surface area contributed by atoms with Crippen molar-refractivity contribution in [2.24, 2.45) is 0 Å². The first-order valence-electron chi connectivity index (χ1n) is 11.8. The van der Waals surface area contributed by atoms with Gasteiger partial charge in [0.2, 0.25) is 5.43 Å². The van der Waals surface area contributed by atoms with Crippen molar-refractivity contribution in [2.45, 2.75) is 38.0 Å². The molecule has 0 aromatic carbocycles. The summed E-state index contributed by atoms with van der Waals surface area (Å²) >= 11 is 1.51. The van der Waals surface area contributed by atoms with Crippen LogP contribution in [0.1, 0.15) is 48.2 Å². The fraction of sp³-hybridized carbons (Fsp3) is 0.308. The molecule has 174 valence electrons. The highest BCUT2D eigenvalue weighted by Crippen LogP contribution is 2.39. The van der Waals surface area contributed by atoms with Gasteiger partial charge in [-0.2, -0.15) is 5.10 Å². The normalized spacial score (nSPS) is 18.0. The number of hydrogen-bond donors (Lipinski definition) is 0.